The fraction of sp³-hybridized carbons (Fsp3) is 0. The smallest absolute Gasteiger partial charge is 0.336 e. The van der Waals surface area contributed by atoms with Gasteiger partial charge in [-0.25, -0.2) is 4.79 Å². The second kappa shape index (κ2) is 4.13. The van der Waals surface area contributed by atoms with E-state index in [9.17, 15) is 15.0 Å². The summed E-state index contributed by atoms with van der Waals surface area (Å²) in [5.74, 6) is -0.999. The Labute approximate surface area is 96.8 Å². The van der Waals surface area contributed by atoms with Crippen LogP contribution in [0, 0.1) is 0 Å². The molecule has 0 atom stereocenters. The number of carbonyl (C=O) groups is 1. The Morgan fingerprint density at radius 3 is 2.29 bits per heavy atom. The quantitative estimate of drug-likeness (QED) is 0.534. The van der Waals surface area contributed by atoms with Crippen LogP contribution in [0.15, 0.2) is 42.7 Å². The largest absolute Gasteiger partial charge is 0.508 e. The number of rotatable bonds is 2. The number of carboxylic acids is 1. The standard InChI is InChI=1S/C12H9NO4/c14-9-1-2-11(15)10(7-9)13-5-3-8(4-6-13)12(16)17/h1-7H,(H2-,14,15,16,17)/p+1. The van der Waals surface area contributed by atoms with Crippen molar-refractivity contribution in [2.24, 2.45) is 0 Å². The van der Waals surface area contributed by atoms with Gasteiger partial charge in [0.2, 0.25) is 0 Å². The molecule has 3 N–H and O–H groups in total. The van der Waals surface area contributed by atoms with E-state index in [4.69, 9.17) is 5.11 Å². The zero-order chi connectivity index (χ0) is 12.4. The van der Waals surface area contributed by atoms with Crippen LogP contribution in [0.1, 0.15) is 10.4 Å². The van der Waals surface area contributed by atoms with Gasteiger partial charge in [0.15, 0.2) is 18.1 Å². The van der Waals surface area contributed by atoms with Gasteiger partial charge >= 0.3 is 5.97 Å². The zero-order valence-corrected chi connectivity index (χ0v) is 8.74. The summed E-state index contributed by atoms with van der Waals surface area (Å²) in [5.41, 5.74) is 0.530. The summed E-state index contributed by atoms with van der Waals surface area (Å²) in [5, 5.41) is 27.7. The first-order valence-electron chi connectivity index (χ1n) is 4.85. The molecule has 2 rings (SSSR count). The van der Waals surface area contributed by atoms with Crippen molar-refractivity contribution in [2.75, 3.05) is 0 Å². The van der Waals surface area contributed by atoms with Crippen molar-refractivity contribution in [1.82, 2.24) is 0 Å². The van der Waals surface area contributed by atoms with Crippen LogP contribution < -0.4 is 4.57 Å². The molecule has 0 saturated heterocycles. The molecule has 5 nitrogen and oxygen atoms in total. The second-order valence-electron chi connectivity index (χ2n) is 3.47. The van der Waals surface area contributed by atoms with Crippen LogP contribution >= 0.6 is 0 Å². The molecule has 5 heteroatoms. The van der Waals surface area contributed by atoms with E-state index in [0.29, 0.717) is 5.69 Å². The fourth-order valence-corrected chi connectivity index (χ4v) is 1.45. The Bertz CT molecular complexity index is 563. The molecule has 0 aliphatic heterocycles. The molecule has 0 radical (unpaired) electrons. The predicted octanol–water partition coefficient (Wildman–Crippen LogP) is 1.07. The SMILES string of the molecule is O=C(O)c1cc[n+](-c2cc(O)ccc2O)cc1. The first kappa shape index (κ1) is 10.9. The molecule has 1 aromatic heterocycles. The van der Waals surface area contributed by atoms with E-state index in [2.05, 4.69) is 0 Å². The second-order valence-corrected chi connectivity index (χ2v) is 3.47. The van der Waals surface area contributed by atoms with E-state index >= 15 is 0 Å². The van der Waals surface area contributed by atoms with Gasteiger partial charge in [-0.05, 0) is 12.1 Å². The van der Waals surface area contributed by atoms with Gasteiger partial charge < -0.3 is 15.3 Å². The molecule has 0 bridgehead atoms. The lowest BCUT2D eigenvalue weighted by Crippen LogP contribution is -2.29. The Balaban J connectivity index is 2.46. The van der Waals surface area contributed by atoms with Crippen molar-refractivity contribution in [3.05, 3.63) is 48.3 Å². The Morgan fingerprint density at radius 2 is 1.71 bits per heavy atom. The van der Waals surface area contributed by atoms with E-state index in [1.165, 1.54) is 47.3 Å². The highest BCUT2D eigenvalue weighted by Crippen LogP contribution is 2.21. The van der Waals surface area contributed by atoms with Gasteiger partial charge in [-0.2, -0.15) is 4.57 Å². The Morgan fingerprint density at radius 1 is 1.06 bits per heavy atom. The van der Waals surface area contributed by atoms with Crippen LogP contribution in [0.3, 0.4) is 0 Å². The summed E-state index contributed by atoms with van der Waals surface area (Å²) in [4.78, 5) is 10.7. The molecule has 0 aliphatic carbocycles. The van der Waals surface area contributed by atoms with Crippen molar-refractivity contribution in [2.45, 2.75) is 0 Å². The minimum absolute atomic E-state index is 0.00382. The zero-order valence-electron chi connectivity index (χ0n) is 8.74. The Hall–Kier alpha value is -2.56. The minimum atomic E-state index is -1.02. The molecule has 2 aromatic rings. The van der Waals surface area contributed by atoms with E-state index in [1.54, 1.807) is 0 Å². The van der Waals surface area contributed by atoms with Gasteiger partial charge in [0, 0.05) is 12.1 Å². The lowest BCUT2D eigenvalue weighted by molar-refractivity contribution is -0.596. The number of aromatic carboxylic acids is 1. The molecule has 0 unspecified atom stereocenters. The molecular weight excluding hydrogens is 222 g/mol. The Kier molecular flexibility index (Phi) is 2.66. The third-order valence-electron chi connectivity index (χ3n) is 2.31. The van der Waals surface area contributed by atoms with E-state index in [1.807, 2.05) is 0 Å². The van der Waals surface area contributed by atoms with Crippen LogP contribution in [0.5, 0.6) is 11.5 Å². The van der Waals surface area contributed by atoms with Crippen molar-refractivity contribution >= 4 is 5.97 Å². The number of benzene rings is 1. The fourth-order valence-electron chi connectivity index (χ4n) is 1.45. The highest BCUT2D eigenvalue weighted by atomic mass is 16.4. The van der Waals surface area contributed by atoms with Crippen molar-refractivity contribution in [3.8, 4) is 17.2 Å². The summed E-state index contributed by atoms with van der Waals surface area (Å²) >= 11 is 0. The molecule has 0 amide bonds. The molecule has 0 aliphatic rings. The highest BCUT2D eigenvalue weighted by molar-refractivity contribution is 5.87. The molecular formula is C12H10NO4+. The minimum Gasteiger partial charge on any atom is -0.508 e. The predicted molar refractivity (Wildman–Crippen MR) is 58.3 cm³/mol. The van der Waals surface area contributed by atoms with Crippen LogP contribution in [0.25, 0.3) is 5.69 Å². The van der Waals surface area contributed by atoms with Crippen LogP contribution in [0.2, 0.25) is 0 Å². The topological polar surface area (TPSA) is 81.6 Å². The number of hydrogen-bond acceptors (Lipinski definition) is 3. The number of phenolic OH excluding ortho intramolecular Hbond substituents is 2. The van der Waals surface area contributed by atoms with Crippen molar-refractivity contribution in [1.29, 1.82) is 0 Å². The maximum atomic E-state index is 10.7. The summed E-state index contributed by atoms with van der Waals surface area (Å²) in [6.45, 7) is 0. The number of aromatic nitrogens is 1. The lowest BCUT2D eigenvalue weighted by atomic mass is 10.2. The monoisotopic (exact) mass is 232 g/mol. The molecule has 0 saturated carbocycles. The first-order chi connectivity index (χ1) is 8.08. The van der Waals surface area contributed by atoms with Crippen LogP contribution in [-0.4, -0.2) is 21.3 Å². The van der Waals surface area contributed by atoms with Gasteiger partial charge in [-0.1, -0.05) is 0 Å². The van der Waals surface area contributed by atoms with Gasteiger partial charge in [0.25, 0.3) is 5.69 Å². The van der Waals surface area contributed by atoms with Crippen LogP contribution in [0.4, 0.5) is 0 Å². The van der Waals surface area contributed by atoms with Gasteiger partial charge in [0.05, 0.1) is 11.6 Å². The van der Waals surface area contributed by atoms with E-state index < -0.39 is 5.97 Å². The summed E-state index contributed by atoms with van der Waals surface area (Å²) < 4.78 is 1.52. The third kappa shape index (κ3) is 2.17. The lowest BCUT2D eigenvalue weighted by Gasteiger charge is -2.00. The number of hydrogen-bond donors (Lipinski definition) is 3. The van der Waals surface area contributed by atoms with Gasteiger partial charge in [-0.15, -0.1) is 0 Å². The summed E-state index contributed by atoms with van der Waals surface area (Å²) in [6.07, 6.45) is 3.00. The number of aromatic hydroxyl groups is 2. The molecule has 0 fully saturated rings. The first-order valence-corrected chi connectivity index (χ1v) is 4.85. The number of pyridine rings is 1. The van der Waals surface area contributed by atoms with Crippen molar-refractivity contribution < 1.29 is 24.7 Å². The number of phenols is 2. The maximum Gasteiger partial charge on any atom is 0.336 e. The number of carboxylic acid groups (broad SMARTS) is 1. The van der Waals surface area contributed by atoms with Crippen molar-refractivity contribution in [3.63, 3.8) is 0 Å². The number of nitrogens with zero attached hydrogens (tertiary/aromatic N) is 1. The van der Waals surface area contributed by atoms with E-state index in [-0.39, 0.29) is 17.1 Å². The average Bonchev–Trinajstić information content (AvgIpc) is 2.32. The summed E-state index contributed by atoms with van der Waals surface area (Å²) in [6, 6.07) is 6.93. The maximum absolute atomic E-state index is 10.7. The summed E-state index contributed by atoms with van der Waals surface area (Å²) in [7, 11) is 0. The molecule has 86 valence electrons. The van der Waals surface area contributed by atoms with E-state index in [0.717, 1.165) is 0 Å². The highest BCUT2D eigenvalue weighted by Gasteiger charge is 2.14. The van der Waals surface area contributed by atoms with Gasteiger partial charge in [-0.3, -0.25) is 0 Å². The molecule has 1 aromatic carbocycles. The molecule has 1 heterocycles. The van der Waals surface area contributed by atoms with Gasteiger partial charge in [0.1, 0.15) is 5.75 Å². The average molecular weight is 232 g/mol. The third-order valence-corrected chi connectivity index (χ3v) is 2.31. The normalized spacial score (nSPS) is 10.1. The molecule has 0 spiro atoms. The molecule has 17 heavy (non-hydrogen) atoms. The van der Waals surface area contributed by atoms with Crippen LogP contribution in [-0.2, 0) is 0 Å².